The van der Waals surface area contributed by atoms with Crippen LogP contribution in [0.15, 0.2) is 34.8 Å². The quantitative estimate of drug-likeness (QED) is 0.650. The topological polar surface area (TPSA) is 42.2 Å². The first-order valence-electron chi connectivity index (χ1n) is 6.03. The van der Waals surface area contributed by atoms with Gasteiger partial charge in [0.2, 0.25) is 0 Å². The zero-order chi connectivity index (χ0) is 12.1. The fraction of sp³-hybridized carbons (Fsp3) is 0.133. The van der Waals surface area contributed by atoms with Crippen molar-refractivity contribution in [1.29, 1.82) is 0 Å². The van der Waals surface area contributed by atoms with E-state index in [1.165, 1.54) is 5.56 Å². The van der Waals surface area contributed by atoms with Crippen molar-refractivity contribution in [3.8, 4) is 0 Å². The Morgan fingerprint density at radius 3 is 3.06 bits per heavy atom. The van der Waals surface area contributed by atoms with Gasteiger partial charge in [-0.15, -0.1) is 0 Å². The van der Waals surface area contributed by atoms with Crippen LogP contribution in [0.3, 0.4) is 0 Å². The Bertz CT molecular complexity index is 695. The molecule has 18 heavy (non-hydrogen) atoms. The minimum atomic E-state index is 0.129. The summed E-state index contributed by atoms with van der Waals surface area (Å²) in [5, 5.41) is 3.33. The van der Waals surface area contributed by atoms with E-state index >= 15 is 0 Å². The maximum atomic E-state index is 12.0. The number of hydrogen-bond donors (Lipinski definition) is 1. The van der Waals surface area contributed by atoms with Crippen LogP contribution in [0.25, 0.3) is 6.08 Å². The van der Waals surface area contributed by atoms with Gasteiger partial charge in [0.05, 0.1) is 11.3 Å². The summed E-state index contributed by atoms with van der Waals surface area (Å²) in [6.07, 6.45) is 4.95. The Kier molecular flexibility index (Phi) is 1.81. The molecule has 0 fully saturated rings. The lowest BCUT2D eigenvalue weighted by Gasteiger charge is -2.17. The van der Waals surface area contributed by atoms with Crippen molar-refractivity contribution in [3.05, 3.63) is 53.0 Å². The zero-order valence-corrected chi connectivity index (χ0v) is 9.69. The first-order valence-corrected chi connectivity index (χ1v) is 6.03. The van der Waals surface area contributed by atoms with E-state index in [0.717, 1.165) is 23.6 Å². The zero-order valence-electron chi connectivity index (χ0n) is 9.69. The van der Waals surface area contributed by atoms with Crippen LogP contribution in [-0.4, -0.2) is 5.78 Å². The van der Waals surface area contributed by atoms with E-state index in [1.54, 1.807) is 0 Å². The van der Waals surface area contributed by atoms with Crippen LogP contribution in [-0.2, 0) is 6.42 Å². The second-order valence-corrected chi connectivity index (χ2v) is 4.63. The van der Waals surface area contributed by atoms with Gasteiger partial charge in [-0.2, -0.15) is 0 Å². The van der Waals surface area contributed by atoms with Crippen LogP contribution in [0.4, 0.5) is 11.4 Å². The third kappa shape index (κ3) is 1.21. The standard InChI is InChI=1S/C15H11NO2/c17-11-6-3-7-12-14(11)15-13(18-12)8-9-4-1-2-5-10(9)16-15/h1-5,7,16H,6,8H2. The average Bonchev–Trinajstić information content (AvgIpc) is 2.74. The lowest BCUT2D eigenvalue weighted by Crippen LogP contribution is -2.09. The Morgan fingerprint density at radius 1 is 1.22 bits per heavy atom. The van der Waals surface area contributed by atoms with Gasteiger partial charge in [-0.05, 0) is 17.7 Å². The van der Waals surface area contributed by atoms with Gasteiger partial charge in [0, 0.05) is 18.5 Å². The molecule has 1 N–H and O–H groups in total. The molecule has 0 saturated carbocycles. The van der Waals surface area contributed by atoms with Gasteiger partial charge in [0.1, 0.15) is 11.5 Å². The molecule has 0 bridgehead atoms. The number of hydrogen-bond acceptors (Lipinski definition) is 3. The molecule has 4 rings (SSSR count). The van der Waals surface area contributed by atoms with Crippen molar-refractivity contribution in [2.75, 3.05) is 5.32 Å². The Labute approximate surface area is 104 Å². The third-order valence-corrected chi connectivity index (χ3v) is 3.49. The van der Waals surface area contributed by atoms with Gasteiger partial charge in [-0.1, -0.05) is 24.3 Å². The monoisotopic (exact) mass is 237 g/mol. The number of furan rings is 1. The molecule has 1 aromatic carbocycles. The maximum Gasteiger partial charge on any atom is 0.172 e. The van der Waals surface area contributed by atoms with Gasteiger partial charge < -0.3 is 9.73 Å². The normalized spacial score (nSPS) is 15.7. The molecule has 0 amide bonds. The van der Waals surface area contributed by atoms with E-state index in [4.69, 9.17) is 4.42 Å². The molecule has 2 heterocycles. The molecule has 2 aromatic rings. The highest BCUT2D eigenvalue weighted by molar-refractivity contribution is 6.08. The summed E-state index contributed by atoms with van der Waals surface area (Å²) in [7, 11) is 0. The molecule has 1 aliphatic heterocycles. The summed E-state index contributed by atoms with van der Waals surface area (Å²) in [6, 6.07) is 8.11. The molecule has 1 aliphatic carbocycles. The highest BCUT2D eigenvalue weighted by Gasteiger charge is 2.29. The molecule has 3 heteroatoms. The molecule has 88 valence electrons. The lowest BCUT2D eigenvalue weighted by molar-refractivity contribution is 0.0994. The first kappa shape index (κ1) is 9.71. The van der Waals surface area contributed by atoms with Gasteiger partial charge in [0.25, 0.3) is 0 Å². The number of rotatable bonds is 0. The van der Waals surface area contributed by atoms with Gasteiger partial charge >= 0.3 is 0 Å². The van der Waals surface area contributed by atoms with Gasteiger partial charge in [0.15, 0.2) is 5.78 Å². The summed E-state index contributed by atoms with van der Waals surface area (Å²) in [6.45, 7) is 0. The second kappa shape index (κ2) is 3.35. The second-order valence-electron chi connectivity index (χ2n) is 4.63. The summed E-state index contributed by atoms with van der Waals surface area (Å²) >= 11 is 0. The molecule has 0 saturated heterocycles. The Balaban J connectivity index is 1.91. The van der Waals surface area contributed by atoms with Crippen LogP contribution in [0.2, 0.25) is 0 Å². The fourth-order valence-corrected chi connectivity index (χ4v) is 2.63. The molecular formula is C15H11NO2. The highest BCUT2D eigenvalue weighted by Crippen LogP contribution is 2.40. The van der Waals surface area contributed by atoms with Crippen molar-refractivity contribution in [2.45, 2.75) is 12.8 Å². The predicted molar refractivity (Wildman–Crippen MR) is 69.2 cm³/mol. The largest absolute Gasteiger partial charge is 0.458 e. The molecule has 0 spiro atoms. The maximum absolute atomic E-state index is 12.0. The minimum Gasteiger partial charge on any atom is -0.458 e. The van der Waals surface area contributed by atoms with Crippen LogP contribution in [0, 0.1) is 0 Å². The number of benzene rings is 1. The van der Waals surface area contributed by atoms with E-state index in [-0.39, 0.29) is 5.78 Å². The summed E-state index contributed by atoms with van der Waals surface area (Å²) in [4.78, 5) is 12.0. The van der Waals surface area contributed by atoms with Gasteiger partial charge in [-0.25, -0.2) is 0 Å². The molecular weight excluding hydrogens is 226 g/mol. The smallest absolute Gasteiger partial charge is 0.172 e. The van der Waals surface area contributed by atoms with Crippen LogP contribution >= 0.6 is 0 Å². The van der Waals surface area contributed by atoms with Crippen LogP contribution in [0.1, 0.15) is 33.9 Å². The predicted octanol–water partition coefficient (Wildman–Crippen LogP) is 3.53. The number of fused-ring (bicyclic) bond motifs is 4. The Hall–Kier alpha value is -2.29. The SMILES string of the molecule is O=C1CC=Cc2oc3c(c21)Nc1ccccc1C3. The number of para-hydroxylation sites is 1. The van der Waals surface area contributed by atoms with Crippen LogP contribution in [0.5, 0.6) is 0 Å². The van der Waals surface area contributed by atoms with Crippen molar-refractivity contribution < 1.29 is 9.21 Å². The van der Waals surface area contributed by atoms with Crippen molar-refractivity contribution in [1.82, 2.24) is 0 Å². The highest BCUT2D eigenvalue weighted by atomic mass is 16.3. The summed E-state index contributed by atoms with van der Waals surface area (Å²) in [5.41, 5.74) is 3.84. The molecule has 3 nitrogen and oxygen atoms in total. The lowest BCUT2D eigenvalue weighted by atomic mass is 9.97. The fourth-order valence-electron chi connectivity index (χ4n) is 2.63. The van der Waals surface area contributed by atoms with E-state index in [1.807, 2.05) is 30.4 Å². The van der Waals surface area contributed by atoms with E-state index in [9.17, 15) is 4.79 Å². The number of ketones is 1. The molecule has 2 aliphatic rings. The van der Waals surface area contributed by atoms with Crippen molar-refractivity contribution in [2.24, 2.45) is 0 Å². The number of carbonyl (C=O) groups excluding carboxylic acids is 1. The summed E-state index contributed by atoms with van der Waals surface area (Å²) < 4.78 is 5.79. The number of carbonyl (C=O) groups is 1. The molecule has 1 aromatic heterocycles. The van der Waals surface area contributed by atoms with E-state index < -0.39 is 0 Å². The number of nitrogens with one attached hydrogen (secondary N) is 1. The third-order valence-electron chi connectivity index (χ3n) is 3.49. The van der Waals surface area contributed by atoms with Crippen molar-refractivity contribution >= 4 is 23.2 Å². The molecule has 0 radical (unpaired) electrons. The molecule has 0 atom stereocenters. The van der Waals surface area contributed by atoms with Crippen LogP contribution < -0.4 is 5.32 Å². The number of allylic oxidation sites excluding steroid dienone is 1. The first-order chi connectivity index (χ1) is 8.83. The molecule has 0 unspecified atom stereocenters. The number of Topliss-reactive ketones (excluding diaryl/α,β-unsaturated/α-hetero) is 1. The van der Waals surface area contributed by atoms with Crippen molar-refractivity contribution in [3.63, 3.8) is 0 Å². The van der Waals surface area contributed by atoms with Gasteiger partial charge in [-0.3, -0.25) is 4.79 Å². The number of anilines is 2. The minimum absolute atomic E-state index is 0.129. The summed E-state index contributed by atoms with van der Waals surface area (Å²) in [5.74, 6) is 1.68. The van der Waals surface area contributed by atoms with E-state index in [0.29, 0.717) is 17.7 Å². The average molecular weight is 237 g/mol. The van der Waals surface area contributed by atoms with E-state index in [2.05, 4.69) is 11.4 Å². The Morgan fingerprint density at radius 2 is 2.11 bits per heavy atom.